The van der Waals surface area contributed by atoms with E-state index in [4.69, 9.17) is 5.10 Å². The van der Waals surface area contributed by atoms with Crippen molar-refractivity contribution in [1.82, 2.24) is 19.3 Å². The number of aromatic nitrogens is 4. The third-order valence-electron chi connectivity index (χ3n) is 5.57. The molecule has 0 fully saturated rings. The molecule has 0 radical (unpaired) electrons. The summed E-state index contributed by atoms with van der Waals surface area (Å²) in [4.78, 5) is 29.6. The number of aryl methyl sites for hydroxylation is 4. The molecule has 4 aromatic rings. The van der Waals surface area contributed by atoms with Crippen molar-refractivity contribution in [3.05, 3.63) is 81.5 Å². The van der Waals surface area contributed by atoms with Gasteiger partial charge in [-0.25, -0.2) is 4.68 Å². The molecule has 3 heterocycles. The van der Waals surface area contributed by atoms with Crippen LogP contribution in [0.2, 0.25) is 0 Å². The van der Waals surface area contributed by atoms with Gasteiger partial charge in [0.25, 0.3) is 5.56 Å². The number of rotatable bonds is 5. The molecular weight excluding hydrogens is 390 g/mol. The first-order valence-electron chi connectivity index (χ1n) is 10.2. The summed E-state index contributed by atoms with van der Waals surface area (Å²) in [6.45, 7) is 5.92. The molecule has 1 N–H and O–H groups in total. The number of fused-ring (bicyclic) bond motifs is 1. The van der Waals surface area contributed by atoms with Crippen molar-refractivity contribution in [2.24, 2.45) is 7.05 Å². The van der Waals surface area contributed by atoms with Crippen molar-refractivity contribution in [2.75, 3.05) is 5.32 Å². The molecule has 0 aliphatic rings. The Hall–Kier alpha value is -3.74. The van der Waals surface area contributed by atoms with Crippen LogP contribution in [0.1, 0.15) is 28.8 Å². The molecule has 3 aromatic heterocycles. The van der Waals surface area contributed by atoms with Gasteiger partial charge < -0.3 is 5.32 Å². The Morgan fingerprint density at radius 2 is 1.84 bits per heavy atom. The minimum absolute atomic E-state index is 0.104. The third kappa shape index (κ3) is 3.86. The summed E-state index contributed by atoms with van der Waals surface area (Å²) in [6.07, 6.45) is 3.81. The monoisotopic (exact) mass is 415 g/mol. The van der Waals surface area contributed by atoms with Gasteiger partial charge in [-0.15, -0.1) is 0 Å². The largest absolute Gasteiger partial charge is 0.325 e. The van der Waals surface area contributed by atoms with E-state index < -0.39 is 0 Å². The molecule has 0 aliphatic heterocycles. The molecule has 0 atom stereocenters. The number of pyridine rings is 2. The van der Waals surface area contributed by atoms with Crippen molar-refractivity contribution < 1.29 is 4.79 Å². The van der Waals surface area contributed by atoms with E-state index in [0.29, 0.717) is 17.7 Å². The van der Waals surface area contributed by atoms with Gasteiger partial charge >= 0.3 is 0 Å². The number of nitrogens with zero attached hydrogens (tertiary/aromatic N) is 4. The molecule has 0 aliphatic carbocycles. The van der Waals surface area contributed by atoms with Crippen LogP contribution < -0.4 is 10.9 Å². The maximum Gasteiger partial charge on any atom is 0.255 e. The van der Waals surface area contributed by atoms with Gasteiger partial charge in [0.15, 0.2) is 0 Å². The lowest BCUT2D eigenvalue weighted by Crippen LogP contribution is -2.25. The first-order valence-corrected chi connectivity index (χ1v) is 10.2. The van der Waals surface area contributed by atoms with Crippen molar-refractivity contribution >= 4 is 22.6 Å². The van der Waals surface area contributed by atoms with Gasteiger partial charge in [-0.05, 0) is 57.0 Å². The Bertz CT molecular complexity index is 1320. The lowest BCUT2D eigenvalue weighted by Gasteiger charge is -2.13. The number of carbonyl (C=O) groups excluding carboxylic acids is 1. The van der Waals surface area contributed by atoms with Crippen LogP contribution >= 0.6 is 0 Å². The van der Waals surface area contributed by atoms with Crippen molar-refractivity contribution in [3.8, 4) is 5.69 Å². The third-order valence-corrected chi connectivity index (χ3v) is 5.57. The Labute approximate surface area is 180 Å². The predicted octanol–water partition coefficient (Wildman–Crippen LogP) is 3.62. The number of hydrogen-bond acceptors (Lipinski definition) is 4. The first-order chi connectivity index (χ1) is 14.9. The van der Waals surface area contributed by atoms with E-state index in [1.54, 1.807) is 36.1 Å². The van der Waals surface area contributed by atoms with Crippen molar-refractivity contribution in [3.63, 3.8) is 0 Å². The molecule has 0 unspecified atom stereocenters. The zero-order valence-corrected chi connectivity index (χ0v) is 18.1. The predicted molar refractivity (Wildman–Crippen MR) is 122 cm³/mol. The molecule has 1 aromatic carbocycles. The summed E-state index contributed by atoms with van der Waals surface area (Å²) < 4.78 is 3.45. The number of hydrogen-bond donors (Lipinski definition) is 1. The second-order valence-electron chi connectivity index (χ2n) is 7.79. The van der Waals surface area contributed by atoms with Crippen LogP contribution in [0.5, 0.6) is 0 Å². The van der Waals surface area contributed by atoms with E-state index in [-0.39, 0.29) is 17.9 Å². The highest BCUT2D eigenvalue weighted by molar-refractivity contribution is 5.91. The van der Waals surface area contributed by atoms with Crippen molar-refractivity contribution in [2.45, 2.75) is 33.6 Å². The first kappa shape index (κ1) is 20.5. The van der Waals surface area contributed by atoms with Crippen LogP contribution in [0, 0.1) is 20.8 Å². The fourth-order valence-corrected chi connectivity index (χ4v) is 3.93. The summed E-state index contributed by atoms with van der Waals surface area (Å²) in [5.74, 6) is -0.151. The highest BCUT2D eigenvalue weighted by Crippen LogP contribution is 2.26. The highest BCUT2D eigenvalue weighted by Gasteiger charge is 2.20. The second-order valence-corrected chi connectivity index (χ2v) is 7.79. The fraction of sp³-hybridized carbons (Fsp3) is 0.250. The molecule has 1 amide bonds. The summed E-state index contributed by atoms with van der Waals surface area (Å²) in [6, 6.07) is 11.6. The van der Waals surface area contributed by atoms with Gasteiger partial charge in [0.2, 0.25) is 5.91 Å². The number of amides is 1. The van der Waals surface area contributed by atoms with Gasteiger partial charge in [-0.3, -0.25) is 19.1 Å². The van der Waals surface area contributed by atoms with Gasteiger partial charge in [-0.1, -0.05) is 17.7 Å². The molecule has 4 rings (SSSR count). The average Bonchev–Trinajstić information content (AvgIpc) is 3.10. The topological polar surface area (TPSA) is 81.8 Å². The minimum Gasteiger partial charge on any atom is -0.325 e. The lowest BCUT2D eigenvalue weighted by molar-refractivity contribution is -0.116. The van der Waals surface area contributed by atoms with E-state index >= 15 is 0 Å². The zero-order chi connectivity index (χ0) is 22.1. The second kappa shape index (κ2) is 8.18. The molecule has 0 spiro atoms. The molecule has 0 bridgehead atoms. The average molecular weight is 415 g/mol. The summed E-state index contributed by atoms with van der Waals surface area (Å²) >= 11 is 0. The van der Waals surface area contributed by atoms with Crippen LogP contribution in [0.4, 0.5) is 5.69 Å². The maximum absolute atomic E-state index is 13.2. The molecule has 158 valence electrons. The smallest absolute Gasteiger partial charge is 0.255 e. The molecular formula is C24H25N5O2. The SMILES string of the molecule is Cc1ccc(-n2nc(C)c3c(C)c(CCC(=O)Nc4cccnc4)c(=O)n(C)c32)cc1. The Morgan fingerprint density at radius 3 is 2.52 bits per heavy atom. The van der Waals surface area contributed by atoms with Gasteiger partial charge in [0, 0.05) is 30.6 Å². The van der Waals surface area contributed by atoms with E-state index in [9.17, 15) is 9.59 Å². The van der Waals surface area contributed by atoms with E-state index in [2.05, 4.69) is 10.3 Å². The van der Waals surface area contributed by atoms with Crippen LogP contribution in [-0.2, 0) is 18.3 Å². The molecule has 0 saturated carbocycles. The Balaban J connectivity index is 1.70. The van der Waals surface area contributed by atoms with Crippen LogP contribution in [0.15, 0.2) is 53.6 Å². The maximum atomic E-state index is 13.2. The normalized spacial score (nSPS) is 11.1. The van der Waals surface area contributed by atoms with E-state index in [1.807, 2.05) is 49.7 Å². The van der Waals surface area contributed by atoms with Crippen LogP contribution in [-0.4, -0.2) is 25.2 Å². The van der Waals surface area contributed by atoms with E-state index in [0.717, 1.165) is 33.5 Å². The lowest BCUT2D eigenvalue weighted by atomic mass is 10.0. The summed E-state index contributed by atoms with van der Waals surface area (Å²) in [7, 11) is 1.76. The Kier molecular flexibility index (Phi) is 5.42. The molecule has 31 heavy (non-hydrogen) atoms. The fourth-order valence-electron chi connectivity index (χ4n) is 3.93. The quantitative estimate of drug-likeness (QED) is 0.540. The molecule has 7 heteroatoms. The number of nitrogens with one attached hydrogen (secondary N) is 1. The van der Waals surface area contributed by atoms with Gasteiger partial charge in [-0.2, -0.15) is 5.10 Å². The van der Waals surface area contributed by atoms with E-state index in [1.165, 1.54) is 0 Å². The zero-order valence-electron chi connectivity index (χ0n) is 18.1. The van der Waals surface area contributed by atoms with Crippen molar-refractivity contribution in [1.29, 1.82) is 0 Å². The van der Waals surface area contributed by atoms with Gasteiger partial charge in [0.05, 0.1) is 23.3 Å². The van der Waals surface area contributed by atoms with Gasteiger partial charge in [0.1, 0.15) is 5.65 Å². The number of anilines is 1. The Morgan fingerprint density at radius 1 is 1.10 bits per heavy atom. The number of benzene rings is 1. The minimum atomic E-state index is -0.151. The number of carbonyl (C=O) groups is 1. The summed E-state index contributed by atoms with van der Waals surface area (Å²) in [5.41, 5.74) is 5.73. The van der Waals surface area contributed by atoms with Crippen LogP contribution in [0.25, 0.3) is 16.7 Å². The molecule has 0 saturated heterocycles. The standard InChI is InChI=1S/C24H25N5O2/c1-15-7-9-19(10-8-15)29-23-22(17(3)27-29)16(2)20(24(31)28(23)4)11-12-21(30)26-18-6-5-13-25-14-18/h5-10,13-14H,11-12H2,1-4H3,(H,26,30). The highest BCUT2D eigenvalue weighted by atomic mass is 16.1. The molecule has 7 nitrogen and oxygen atoms in total. The van der Waals surface area contributed by atoms with Crippen LogP contribution in [0.3, 0.4) is 0 Å². The summed E-state index contributed by atoms with van der Waals surface area (Å²) in [5, 5.41) is 8.48.